The van der Waals surface area contributed by atoms with E-state index in [1.807, 2.05) is 0 Å². The Kier molecular flexibility index (Phi) is 2.70. The van der Waals surface area contributed by atoms with Crippen LogP contribution in [-0.2, 0) is 0 Å². The number of nitrogens with zero attached hydrogens (tertiary/aromatic N) is 1. The minimum Gasteiger partial charge on any atom is -0.393 e. The van der Waals surface area contributed by atoms with Crippen LogP contribution < -0.4 is 0 Å². The van der Waals surface area contributed by atoms with Crippen LogP contribution in [0.3, 0.4) is 0 Å². The van der Waals surface area contributed by atoms with E-state index in [2.05, 4.69) is 4.98 Å². The highest BCUT2D eigenvalue weighted by molar-refractivity contribution is 7.13. The van der Waals surface area contributed by atoms with Crippen LogP contribution in [0.4, 0.5) is 0 Å². The number of carbonyl (C=O) groups is 1. The number of carbonyl (C=O) groups excluding carboxylic acids is 1. The van der Waals surface area contributed by atoms with E-state index in [0.29, 0.717) is 16.2 Å². The SMILES string of the molecule is O=Cc1ncc(C(O)CO)s1. The second-order valence-corrected chi connectivity index (χ2v) is 3.01. The molecule has 1 rings (SSSR count). The maximum atomic E-state index is 10.1. The van der Waals surface area contributed by atoms with Gasteiger partial charge in [0, 0.05) is 6.20 Å². The number of aromatic nitrogens is 1. The van der Waals surface area contributed by atoms with Gasteiger partial charge < -0.3 is 10.2 Å². The Bertz CT molecular complexity index is 248. The maximum absolute atomic E-state index is 10.1. The minimum absolute atomic E-state index is 0.313. The van der Waals surface area contributed by atoms with Gasteiger partial charge in [0.25, 0.3) is 0 Å². The van der Waals surface area contributed by atoms with Gasteiger partial charge in [-0.3, -0.25) is 4.79 Å². The molecule has 0 radical (unpaired) electrons. The fourth-order valence-corrected chi connectivity index (χ4v) is 1.31. The van der Waals surface area contributed by atoms with Crippen molar-refractivity contribution in [3.63, 3.8) is 0 Å². The van der Waals surface area contributed by atoms with Gasteiger partial charge in [0.2, 0.25) is 0 Å². The molecule has 0 aliphatic carbocycles. The van der Waals surface area contributed by atoms with Gasteiger partial charge >= 0.3 is 0 Å². The van der Waals surface area contributed by atoms with E-state index in [1.54, 1.807) is 0 Å². The fourth-order valence-electron chi connectivity index (χ4n) is 0.599. The summed E-state index contributed by atoms with van der Waals surface area (Å²) in [5, 5.41) is 17.9. The highest BCUT2D eigenvalue weighted by Crippen LogP contribution is 2.18. The first-order valence-corrected chi connectivity index (χ1v) is 3.79. The molecule has 1 aromatic heterocycles. The van der Waals surface area contributed by atoms with Crippen molar-refractivity contribution in [2.75, 3.05) is 6.61 Å². The van der Waals surface area contributed by atoms with Gasteiger partial charge in [0.1, 0.15) is 6.10 Å². The number of aliphatic hydroxyl groups excluding tert-OH is 2. The van der Waals surface area contributed by atoms with Gasteiger partial charge in [0.05, 0.1) is 11.5 Å². The summed E-state index contributed by atoms with van der Waals surface area (Å²) >= 11 is 1.08. The molecular weight excluding hydrogens is 166 g/mol. The van der Waals surface area contributed by atoms with Crippen molar-refractivity contribution in [1.82, 2.24) is 4.98 Å². The zero-order valence-electron chi connectivity index (χ0n) is 5.60. The third-order valence-electron chi connectivity index (χ3n) is 1.14. The monoisotopic (exact) mass is 173 g/mol. The standard InChI is InChI=1S/C6H7NO3S/c8-2-4(10)5-1-7-6(3-9)11-5/h1,3-4,8,10H,2H2. The zero-order valence-corrected chi connectivity index (χ0v) is 6.41. The Morgan fingerprint density at radius 1 is 1.82 bits per heavy atom. The molecule has 0 aliphatic heterocycles. The van der Waals surface area contributed by atoms with Crippen LogP contribution >= 0.6 is 11.3 Å². The summed E-state index contributed by atoms with van der Waals surface area (Å²) in [6, 6.07) is 0. The molecule has 2 N–H and O–H groups in total. The molecule has 0 aromatic carbocycles. The lowest BCUT2D eigenvalue weighted by molar-refractivity contribution is 0.0982. The predicted molar refractivity (Wildman–Crippen MR) is 39.5 cm³/mol. The smallest absolute Gasteiger partial charge is 0.178 e. The van der Waals surface area contributed by atoms with Crippen molar-refractivity contribution in [3.8, 4) is 0 Å². The van der Waals surface area contributed by atoms with E-state index in [4.69, 9.17) is 10.2 Å². The molecule has 4 nitrogen and oxygen atoms in total. The van der Waals surface area contributed by atoms with E-state index < -0.39 is 6.10 Å². The van der Waals surface area contributed by atoms with Gasteiger partial charge in [-0.1, -0.05) is 0 Å². The van der Waals surface area contributed by atoms with Crippen molar-refractivity contribution in [2.45, 2.75) is 6.10 Å². The molecule has 1 atom stereocenters. The van der Waals surface area contributed by atoms with E-state index in [0.717, 1.165) is 11.3 Å². The Labute approximate surface area is 67.1 Å². The van der Waals surface area contributed by atoms with Crippen LogP contribution in [0.1, 0.15) is 20.8 Å². The Balaban J connectivity index is 2.79. The van der Waals surface area contributed by atoms with Gasteiger partial charge in [0.15, 0.2) is 11.3 Å². The molecule has 0 fully saturated rings. The maximum Gasteiger partial charge on any atom is 0.178 e. The van der Waals surface area contributed by atoms with Gasteiger partial charge in [-0.05, 0) is 0 Å². The molecule has 0 aliphatic rings. The molecule has 11 heavy (non-hydrogen) atoms. The number of aldehydes is 1. The van der Waals surface area contributed by atoms with E-state index >= 15 is 0 Å². The summed E-state index contributed by atoms with van der Waals surface area (Å²) in [5.41, 5.74) is 0. The number of hydrogen-bond donors (Lipinski definition) is 2. The number of aliphatic hydroxyl groups is 2. The van der Waals surface area contributed by atoms with Crippen molar-refractivity contribution in [2.24, 2.45) is 0 Å². The van der Waals surface area contributed by atoms with E-state index in [-0.39, 0.29) is 6.61 Å². The summed E-state index contributed by atoms with van der Waals surface area (Å²) in [6.07, 6.45) is 1.08. The topological polar surface area (TPSA) is 70.4 Å². The van der Waals surface area contributed by atoms with Crippen LogP contribution in [0.2, 0.25) is 0 Å². The van der Waals surface area contributed by atoms with Gasteiger partial charge in [-0.2, -0.15) is 0 Å². The lowest BCUT2D eigenvalue weighted by atomic mass is 10.3. The highest BCUT2D eigenvalue weighted by atomic mass is 32.1. The van der Waals surface area contributed by atoms with Crippen LogP contribution in [0, 0.1) is 0 Å². The molecule has 0 bridgehead atoms. The average molecular weight is 173 g/mol. The molecule has 60 valence electrons. The first kappa shape index (κ1) is 8.32. The quantitative estimate of drug-likeness (QED) is 0.630. The lowest BCUT2D eigenvalue weighted by Gasteiger charge is -1.99. The number of thiazole rings is 1. The third-order valence-corrected chi connectivity index (χ3v) is 2.17. The summed E-state index contributed by atoms with van der Waals surface area (Å²) in [7, 11) is 0. The lowest BCUT2D eigenvalue weighted by Crippen LogP contribution is -1.98. The summed E-state index contributed by atoms with van der Waals surface area (Å²) in [6.45, 7) is -0.347. The van der Waals surface area contributed by atoms with Crippen molar-refractivity contribution in [1.29, 1.82) is 0 Å². The van der Waals surface area contributed by atoms with Crippen molar-refractivity contribution in [3.05, 3.63) is 16.1 Å². The molecule has 0 saturated heterocycles. The minimum atomic E-state index is -0.916. The Hall–Kier alpha value is -0.780. The fraction of sp³-hybridized carbons (Fsp3) is 0.333. The summed E-state index contributed by atoms with van der Waals surface area (Å²) < 4.78 is 0. The predicted octanol–water partition coefficient (Wildman–Crippen LogP) is -0.0187. The van der Waals surface area contributed by atoms with Crippen LogP contribution in [-0.4, -0.2) is 28.1 Å². The molecule has 0 spiro atoms. The molecule has 1 heterocycles. The van der Waals surface area contributed by atoms with Crippen molar-refractivity contribution >= 4 is 17.6 Å². The normalized spacial score (nSPS) is 12.9. The van der Waals surface area contributed by atoms with E-state index in [9.17, 15) is 4.79 Å². The van der Waals surface area contributed by atoms with Crippen molar-refractivity contribution < 1.29 is 15.0 Å². The molecular formula is C6H7NO3S. The average Bonchev–Trinajstić information content (AvgIpc) is 2.50. The number of hydrogen-bond acceptors (Lipinski definition) is 5. The molecule has 1 aromatic rings. The third kappa shape index (κ3) is 1.83. The first-order chi connectivity index (χ1) is 5.27. The summed E-state index contributed by atoms with van der Waals surface area (Å²) in [5.74, 6) is 0. The molecule has 5 heteroatoms. The van der Waals surface area contributed by atoms with Crippen LogP contribution in [0.25, 0.3) is 0 Å². The summed E-state index contributed by atoms with van der Waals surface area (Å²) in [4.78, 5) is 14.3. The van der Waals surface area contributed by atoms with Crippen LogP contribution in [0.5, 0.6) is 0 Å². The van der Waals surface area contributed by atoms with Gasteiger partial charge in [-0.15, -0.1) is 11.3 Å². The molecule has 1 unspecified atom stereocenters. The largest absolute Gasteiger partial charge is 0.393 e. The Morgan fingerprint density at radius 3 is 3.00 bits per heavy atom. The first-order valence-electron chi connectivity index (χ1n) is 2.97. The zero-order chi connectivity index (χ0) is 8.27. The Morgan fingerprint density at radius 2 is 2.55 bits per heavy atom. The van der Waals surface area contributed by atoms with E-state index in [1.165, 1.54) is 6.20 Å². The molecule has 0 amide bonds. The molecule has 0 saturated carbocycles. The second kappa shape index (κ2) is 3.56. The second-order valence-electron chi connectivity index (χ2n) is 1.92. The number of rotatable bonds is 3. The van der Waals surface area contributed by atoms with Crippen LogP contribution in [0.15, 0.2) is 6.20 Å². The highest BCUT2D eigenvalue weighted by Gasteiger charge is 2.09. The van der Waals surface area contributed by atoms with Gasteiger partial charge in [-0.25, -0.2) is 4.98 Å².